The Kier molecular flexibility index (Phi) is 6.15. The molecule has 2 aromatic rings. The van der Waals surface area contributed by atoms with Crippen molar-refractivity contribution in [1.82, 2.24) is 15.0 Å². The van der Waals surface area contributed by atoms with Crippen molar-refractivity contribution < 1.29 is 23.5 Å². The van der Waals surface area contributed by atoms with Crippen LogP contribution in [0.5, 0.6) is 0 Å². The molecule has 1 fully saturated rings. The molecule has 0 unspecified atom stereocenters. The summed E-state index contributed by atoms with van der Waals surface area (Å²) in [7, 11) is 0. The van der Waals surface area contributed by atoms with Gasteiger partial charge in [0.25, 0.3) is 0 Å². The van der Waals surface area contributed by atoms with Crippen LogP contribution in [0.2, 0.25) is 0 Å². The van der Waals surface area contributed by atoms with Crippen LogP contribution >= 0.6 is 0 Å². The number of esters is 1. The maximum atomic E-state index is 14.9. The van der Waals surface area contributed by atoms with Crippen molar-refractivity contribution in [2.45, 2.75) is 32.4 Å². The van der Waals surface area contributed by atoms with Crippen LogP contribution < -0.4 is 9.80 Å². The molecule has 0 spiro atoms. The van der Waals surface area contributed by atoms with Crippen molar-refractivity contribution in [3.8, 4) is 0 Å². The lowest BCUT2D eigenvalue weighted by Crippen LogP contribution is -2.30. The Morgan fingerprint density at radius 1 is 1.39 bits per heavy atom. The minimum atomic E-state index is -0.512. The van der Waals surface area contributed by atoms with Gasteiger partial charge in [0.15, 0.2) is 0 Å². The van der Waals surface area contributed by atoms with Crippen LogP contribution in [-0.2, 0) is 20.8 Å². The molecule has 0 bridgehead atoms. The second-order valence-electron chi connectivity index (χ2n) is 7.42. The summed E-state index contributed by atoms with van der Waals surface area (Å²) in [5, 5.41) is 7.60. The van der Waals surface area contributed by atoms with E-state index in [1.165, 1.54) is 11.0 Å². The molecule has 1 aromatic heterocycles. The molecule has 0 radical (unpaired) electrons. The van der Waals surface area contributed by atoms with E-state index in [4.69, 9.17) is 9.47 Å². The van der Waals surface area contributed by atoms with Crippen molar-refractivity contribution in [2.24, 2.45) is 0 Å². The van der Waals surface area contributed by atoms with Crippen molar-refractivity contribution in [2.75, 3.05) is 36.0 Å². The number of aromatic nitrogens is 3. The fraction of sp³-hybridized carbons (Fsp3) is 0.429. The lowest BCUT2D eigenvalue weighted by Gasteiger charge is -2.29. The molecule has 164 valence electrons. The van der Waals surface area contributed by atoms with E-state index in [0.29, 0.717) is 50.6 Å². The zero-order valence-electron chi connectivity index (χ0n) is 17.2. The highest BCUT2D eigenvalue weighted by Crippen LogP contribution is 2.30. The lowest BCUT2D eigenvalue weighted by molar-refractivity contribution is -0.142. The number of rotatable bonds is 7. The summed E-state index contributed by atoms with van der Waals surface area (Å²) < 4.78 is 26.8. The average molecular weight is 429 g/mol. The van der Waals surface area contributed by atoms with Crippen LogP contribution in [0.3, 0.4) is 0 Å². The van der Waals surface area contributed by atoms with Gasteiger partial charge in [-0.2, -0.15) is 0 Å². The number of cyclic esters (lactones) is 1. The van der Waals surface area contributed by atoms with E-state index in [2.05, 4.69) is 10.3 Å². The van der Waals surface area contributed by atoms with Gasteiger partial charge in [0.2, 0.25) is 0 Å². The zero-order chi connectivity index (χ0) is 21.8. The Bertz CT molecular complexity index is 978. The molecule has 10 heteroatoms. The van der Waals surface area contributed by atoms with Crippen LogP contribution in [-0.4, -0.2) is 59.4 Å². The molecule has 2 aliphatic heterocycles. The predicted molar refractivity (Wildman–Crippen MR) is 110 cm³/mol. The smallest absolute Gasteiger partial charge is 0.414 e. The van der Waals surface area contributed by atoms with Crippen molar-refractivity contribution >= 4 is 23.4 Å². The number of nitrogens with zero attached hydrogens (tertiary/aromatic N) is 5. The molecule has 1 saturated heterocycles. The standard InChI is InChI=1S/C21H24FN5O4/c1-2-30-20(28)11-15-5-8-25(9-6-15)19-4-3-16(12-18(19)22)27-14-17(31-21(27)29)13-26-10-7-23-24-26/h3-5,7,10,12,17H,2,6,8-9,11,13-14H2,1H3/t17-/m0/s1. The average Bonchev–Trinajstić information content (AvgIpc) is 3.38. The minimum Gasteiger partial charge on any atom is -0.466 e. The van der Waals surface area contributed by atoms with Crippen molar-refractivity contribution in [3.05, 3.63) is 48.1 Å². The van der Waals surface area contributed by atoms with Gasteiger partial charge in [-0.3, -0.25) is 9.69 Å². The van der Waals surface area contributed by atoms with Gasteiger partial charge in [-0.25, -0.2) is 13.9 Å². The van der Waals surface area contributed by atoms with E-state index in [1.807, 2.05) is 11.0 Å². The molecule has 4 rings (SSSR count). The Balaban J connectivity index is 1.39. The quantitative estimate of drug-likeness (QED) is 0.494. The molecule has 1 aromatic carbocycles. The second kappa shape index (κ2) is 9.15. The third-order valence-corrected chi connectivity index (χ3v) is 5.30. The number of benzene rings is 1. The van der Waals surface area contributed by atoms with E-state index in [1.54, 1.807) is 36.1 Å². The van der Waals surface area contributed by atoms with Crippen molar-refractivity contribution in [3.63, 3.8) is 0 Å². The summed E-state index contributed by atoms with van der Waals surface area (Å²) in [6.45, 7) is 3.95. The third kappa shape index (κ3) is 4.84. The SMILES string of the molecule is CCOC(=O)CC1=CCN(c2ccc(N3C[C@H](Cn4ccnn4)OC3=O)cc2F)CC1. The van der Waals surface area contributed by atoms with Gasteiger partial charge in [-0.1, -0.05) is 16.9 Å². The number of amides is 1. The monoisotopic (exact) mass is 429 g/mol. The molecular formula is C21H24FN5O4. The first-order valence-corrected chi connectivity index (χ1v) is 10.2. The topological polar surface area (TPSA) is 89.8 Å². The number of halogens is 1. The number of anilines is 2. The van der Waals surface area contributed by atoms with E-state index in [-0.39, 0.29) is 18.5 Å². The van der Waals surface area contributed by atoms with Gasteiger partial charge in [-0.05, 0) is 31.5 Å². The Labute approximate surface area is 179 Å². The predicted octanol–water partition coefficient (Wildman–Crippen LogP) is 2.53. The molecule has 0 N–H and O–H groups in total. The summed E-state index contributed by atoms with van der Waals surface area (Å²) in [5.74, 6) is -0.648. The Hall–Kier alpha value is -3.43. The van der Waals surface area contributed by atoms with Crippen LogP contribution in [0.1, 0.15) is 19.8 Å². The summed E-state index contributed by atoms with van der Waals surface area (Å²) in [4.78, 5) is 27.2. The molecule has 9 nitrogen and oxygen atoms in total. The first-order chi connectivity index (χ1) is 15.0. The number of ether oxygens (including phenoxy) is 2. The third-order valence-electron chi connectivity index (χ3n) is 5.30. The molecule has 1 amide bonds. The van der Waals surface area contributed by atoms with Crippen LogP contribution in [0.15, 0.2) is 42.2 Å². The summed E-state index contributed by atoms with van der Waals surface area (Å²) >= 11 is 0. The number of hydrogen-bond donors (Lipinski definition) is 0. The van der Waals surface area contributed by atoms with Crippen LogP contribution in [0, 0.1) is 5.82 Å². The van der Waals surface area contributed by atoms with E-state index in [9.17, 15) is 14.0 Å². The van der Waals surface area contributed by atoms with E-state index >= 15 is 0 Å². The number of carbonyl (C=O) groups is 2. The molecule has 3 heterocycles. The minimum absolute atomic E-state index is 0.239. The van der Waals surface area contributed by atoms with Crippen molar-refractivity contribution in [1.29, 1.82) is 0 Å². The Morgan fingerprint density at radius 3 is 2.94 bits per heavy atom. The lowest BCUT2D eigenvalue weighted by atomic mass is 10.0. The highest BCUT2D eigenvalue weighted by atomic mass is 19.1. The van der Waals surface area contributed by atoms with Crippen LogP contribution in [0.25, 0.3) is 0 Å². The van der Waals surface area contributed by atoms with Gasteiger partial charge in [0, 0.05) is 19.3 Å². The molecular weight excluding hydrogens is 405 g/mol. The highest BCUT2D eigenvalue weighted by Gasteiger charge is 2.33. The van der Waals surface area contributed by atoms with Gasteiger partial charge >= 0.3 is 12.1 Å². The maximum absolute atomic E-state index is 14.9. The normalized spacial score (nSPS) is 18.7. The van der Waals surface area contributed by atoms with Gasteiger partial charge in [0.1, 0.15) is 11.9 Å². The van der Waals surface area contributed by atoms with Gasteiger partial charge in [0.05, 0.1) is 43.7 Å². The van der Waals surface area contributed by atoms with Gasteiger partial charge < -0.3 is 14.4 Å². The first-order valence-electron chi connectivity index (χ1n) is 10.2. The largest absolute Gasteiger partial charge is 0.466 e. The van der Waals surface area contributed by atoms with Crippen LogP contribution in [0.4, 0.5) is 20.6 Å². The summed E-state index contributed by atoms with van der Waals surface area (Å²) in [6.07, 6.45) is 5.23. The fourth-order valence-electron chi connectivity index (χ4n) is 3.77. The molecule has 31 heavy (non-hydrogen) atoms. The molecule has 2 aliphatic rings. The number of hydrogen-bond acceptors (Lipinski definition) is 7. The summed E-state index contributed by atoms with van der Waals surface area (Å²) in [5.41, 5.74) is 1.91. The summed E-state index contributed by atoms with van der Waals surface area (Å²) in [6, 6.07) is 4.74. The number of carbonyl (C=O) groups excluding carboxylic acids is 2. The van der Waals surface area contributed by atoms with Gasteiger partial charge in [-0.15, -0.1) is 5.10 Å². The van der Waals surface area contributed by atoms with E-state index in [0.717, 1.165) is 5.57 Å². The molecule has 0 saturated carbocycles. The molecule has 1 atom stereocenters. The maximum Gasteiger partial charge on any atom is 0.414 e. The highest BCUT2D eigenvalue weighted by molar-refractivity contribution is 5.90. The first kappa shape index (κ1) is 20.8. The Morgan fingerprint density at radius 2 is 2.26 bits per heavy atom. The van der Waals surface area contributed by atoms with E-state index < -0.39 is 11.9 Å². The second-order valence-corrected chi connectivity index (χ2v) is 7.42. The zero-order valence-corrected chi connectivity index (χ0v) is 17.2. The molecule has 0 aliphatic carbocycles. The fourth-order valence-corrected chi connectivity index (χ4v) is 3.77.